The predicted octanol–water partition coefficient (Wildman–Crippen LogP) is 3.35. The van der Waals surface area contributed by atoms with Crippen LogP contribution in [0.5, 0.6) is 0 Å². The molecule has 2 amide bonds. The molecule has 2 aromatic rings. The summed E-state index contributed by atoms with van der Waals surface area (Å²) in [7, 11) is 0. The molecule has 4 nitrogen and oxygen atoms in total. The van der Waals surface area contributed by atoms with Gasteiger partial charge in [0.05, 0.1) is 6.04 Å². The van der Waals surface area contributed by atoms with Crippen LogP contribution in [0.2, 0.25) is 0 Å². The quantitative estimate of drug-likeness (QED) is 0.813. The SMILES string of the molecule is O=C(C=Cc1cccs1)N1C(=O)OCC1Cc1ccccc1. The number of thiophene rings is 1. The number of carbonyl (C=O) groups excluding carboxylic acids is 2. The van der Waals surface area contributed by atoms with Crippen LogP contribution in [0, 0.1) is 0 Å². The fourth-order valence-corrected chi connectivity index (χ4v) is 3.00. The van der Waals surface area contributed by atoms with E-state index < -0.39 is 6.09 Å². The number of carbonyl (C=O) groups is 2. The summed E-state index contributed by atoms with van der Waals surface area (Å²) in [6.45, 7) is 0.242. The third-order valence-electron chi connectivity index (χ3n) is 3.45. The maximum absolute atomic E-state index is 12.3. The molecule has 5 heteroatoms. The number of rotatable bonds is 4. The third kappa shape index (κ3) is 3.26. The van der Waals surface area contributed by atoms with Crippen molar-refractivity contribution in [2.75, 3.05) is 6.61 Å². The molecule has 112 valence electrons. The number of cyclic esters (lactones) is 1. The highest BCUT2D eigenvalue weighted by atomic mass is 32.1. The molecule has 1 unspecified atom stereocenters. The topological polar surface area (TPSA) is 46.6 Å². The normalized spacial score (nSPS) is 17.9. The number of ether oxygens (including phenoxy) is 1. The van der Waals surface area contributed by atoms with Gasteiger partial charge in [-0.3, -0.25) is 4.79 Å². The van der Waals surface area contributed by atoms with Gasteiger partial charge in [0.2, 0.25) is 0 Å². The predicted molar refractivity (Wildman–Crippen MR) is 85.5 cm³/mol. The van der Waals surface area contributed by atoms with E-state index in [-0.39, 0.29) is 18.6 Å². The van der Waals surface area contributed by atoms with Crippen LogP contribution in [0.25, 0.3) is 6.08 Å². The lowest BCUT2D eigenvalue weighted by Crippen LogP contribution is -2.39. The zero-order valence-corrected chi connectivity index (χ0v) is 12.7. The number of hydrogen-bond donors (Lipinski definition) is 0. The average Bonchev–Trinajstić information content (AvgIpc) is 3.16. The standard InChI is InChI=1S/C17H15NO3S/c19-16(9-8-15-7-4-10-22-15)18-14(12-21-17(18)20)11-13-5-2-1-3-6-13/h1-10,14H,11-12H2. The Morgan fingerprint density at radius 2 is 2.09 bits per heavy atom. The number of nitrogens with zero attached hydrogens (tertiary/aromatic N) is 1. The molecule has 1 aromatic carbocycles. The Bertz CT molecular complexity index is 679. The van der Waals surface area contributed by atoms with Gasteiger partial charge in [-0.1, -0.05) is 36.4 Å². The van der Waals surface area contributed by atoms with Crippen molar-refractivity contribution < 1.29 is 14.3 Å². The smallest absolute Gasteiger partial charge is 0.417 e. The zero-order chi connectivity index (χ0) is 15.4. The Labute approximate surface area is 132 Å². The van der Waals surface area contributed by atoms with Gasteiger partial charge in [-0.05, 0) is 29.5 Å². The molecule has 1 aliphatic rings. The van der Waals surface area contributed by atoms with E-state index in [4.69, 9.17) is 4.74 Å². The Balaban J connectivity index is 1.72. The van der Waals surface area contributed by atoms with Gasteiger partial charge in [-0.25, -0.2) is 9.69 Å². The number of amides is 2. The second-order valence-electron chi connectivity index (χ2n) is 4.98. The summed E-state index contributed by atoms with van der Waals surface area (Å²) in [4.78, 5) is 26.3. The average molecular weight is 313 g/mol. The molecule has 0 saturated carbocycles. The van der Waals surface area contributed by atoms with Crippen LogP contribution in [0.4, 0.5) is 4.79 Å². The first-order chi connectivity index (χ1) is 10.7. The Hall–Kier alpha value is -2.40. The second-order valence-corrected chi connectivity index (χ2v) is 5.96. The minimum absolute atomic E-state index is 0.242. The first-order valence-electron chi connectivity index (χ1n) is 6.99. The van der Waals surface area contributed by atoms with E-state index in [2.05, 4.69) is 0 Å². The molecule has 3 rings (SSSR count). The summed E-state index contributed by atoms with van der Waals surface area (Å²) in [5.74, 6) is -0.336. The molecule has 1 atom stereocenters. The maximum atomic E-state index is 12.3. The van der Waals surface area contributed by atoms with E-state index in [9.17, 15) is 9.59 Å². The Kier molecular flexibility index (Phi) is 4.34. The minimum atomic E-state index is -0.568. The molecule has 0 bridgehead atoms. The summed E-state index contributed by atoms with van der Waals surface area (Å²) in [6, 6.07) is 13.4. The number of benzene rings is 1. The summed E-state index contributed by atoms with van der Waals surface area (Å²) >= 11 is 1.54. The van der Waals surface area contributed by atoms with Gasteiger partial charge in [0.25, 0.3) is 5.91 Å². The van der Waals surface area contributed by atoms with Gasteiger partial charge in [0, 0.05) is 11.0 Å². The zero-order valence-electron chi connectivity index (χ0n) is 11.8. The highest BCUT2D eigenvalue weighted by Crippen LogP contribution is 2.18. The summed E-state index contributed by atoms with van der Waals surface area (Å²) in [6.07, 6.45) is 3.18. The molecule has 0 aliphatic carbocycles. The minimum Gasteiger partial charge on any atom is -0.447 e. The van der Waals surface area contributed by atoms with Crippen molar-refractivity contribution in [1.82, 2.24) is 4.90 Å². The van der Waals surface area contributed by atoms with Crippen LogP contribution in [0.1, 0.15) is 10.4 Å². The van der Waals surface area contributed by atoms with Crippen LogP contribution >= 0.6 is 11.3 Å². The largest absolute Gasteiger partial charge is 0.447 e. The summed E-state index contributed by atoms with van der Waals surface area (Å²) < 4.78 is 5.04. The molecule has 1 aromatic heterocycles. The summed E-state index contributed by atoms with van der Waals surface area (Å²) in [5.41, 5.74) is 1.07. The van der Waals surface area contributed by atoms with Crippen molar-refractivity contribution >= 4 is 29.4 Å². The van der Waals surface area contributed by atoms with Crippen molar-refractivity contribution in [3.05, 3.63) is 64.4 Å². The maximum Gasteiger partial charge on any atom is 0.417 e. The monoisotopic (exact) mass is 313 g/mol. The Morgan fingerprint density at radius 3 is 2.82 bits per heavy atom. The van der Waals surface area contributed by atoms with Crippen LogP contribution in [0.3, 0.4) is 0 Å². The number of imide groups is 1. The van der Waals surface area contributed by atoms with Gasteiger partial charge in [-0.15, -0.1) is 11.3 Å². The lowest BCUT2D eigenvalue weighted by Gasteiger charge is -2.17. The first-order valence-corrected chi connectivity index (χ1v) is 7.87. The van der Waals surface area contributed by atoms with Crippen molar-refractivity contribution in [2.45, 2.75) is 12.5 Å². The molecular weight excluding hydrogens is 298 g/mol. The molecule has 22 heavy (non-hydrogen) atoms. The lowest BCUT2D eigenvalue weighted by atomic mass is 10.1. The van der Waals surface area contributed by atoms with Crippen molar-refractivity contribution in [3.63, 3.8) is 0 Å². The van der Waals surface area contributed by atoms with Crippen LogP contribution < -0.4 is 0 Å². The molecule has 0 radical (unpaired) electrons. The molecule has 1 fully saturated rings. The van der Waals surface area contributed by atoms with E-state index in [1.807, 2.05) is 47.8 Å². The van der Waals surface area contributed by atoms with Gasteiger partial charge < -0.3 is 4.74 Å². The fourth-order valence-electron chi connectivity index (χ4n) is 2.39. The highest BCUT2D eigenvalue weighted by molar-refractivity contribution is 7.10. The lowest BCUT2D eigenvalue weighted by molar-refractivity contribution is -0.124. The molecule has 2 heterocycles. The molecule has 1 aliphatic heterocycles. The van der Waals surface area contributed by atoms with E-state index >= 15 is 0 Å². The van der Waals surface area contributed by atoms with E-state index in [0.717, 1.165) is 10.4 Å². The molecule has 0 N–H and O–H groups in total. The first kappa shape index (κ1) is 14.5. The van der Waals surface area contributed by atoms with E-state index in [0.29, 0.717) is 6.42 Å². The van der Waals surface area contributed by atoms with Crippen molar-refractivity contribution in [3.8, 4) is 0 Å². The number of hydrogen-bond acceptors (Lipinski definition) is 4. The van der Waals surface area contributed by atoms with Crippen molar-refractivity contribution in [2.24, 2.45) is 0 Å². The van der Waals surface area contributed by atoms with Gasteiger partial charge >= 0.3 is 6.09 Å². The molecular formula is C17H15NO3S. The van der Waals surface area contributed by atoms with Gasteiger partial charge in [0.1, 0.15) is 6.61 Å². The van der Waals surface area contributed by atoms with Crippen LogP contribution in [0.15, 0.2) is 53.9 Å². The fraction of sp³-hybridized carbons (Fsp3) is 0.176. The molecule has 1 saturated heterocycles. The van der Waals surface area contributed by atoms with Crippen molar-refractivity contribution in [1.29, 1.82) is 0 Å². The third-order valence-corrected chi connectivity index (χ3v) is 4.28. The van der Waals surface area contributed by atoms with Crippen LogP contribution in [-0.4, -0.2) is 29.5 Å². The van der Waals surface area contributed by atoms with Gasteiger partial charge in [0.15, 0.2) is 0 Å². The molecule has 0 spiro atoms. The summed E-state index contributed by atoms with van der Waals surface area (Å²) in [5, 5.41) is 1.94. The highest BCUT2D eigenvalue weighted by Gasteiger charge is 2.36. The van der Waals surface area contributed by atoms with E-state index in [1.165, 1.54) is 22.3 Å². The van der Waals surface area contributed by atoms with E-state index in [1.54, 1.807) is 6.08 Å². The van der Waals surface area contributed by atoms with Gasteiger partial charge in [-0.2, -0.15) is 0 Å². The Morgan fingerprint density at radius 1 is 1.27 bits per heavy atom. The van der Waals surface area contributed by atoms with Crippen LogP contribution in [-0.2, 0) is 16.0 Å². The second kappa shape index (κ2) is 6.58.